The van der Waals surface area contributed by atoms with Gasteiger partial charge in [-0.25, -0.2) is 15.0 Å². The molecule has 194 valence electrons. The third-order valence-electron chi connectivity index (χ3n) is 7.59. The SMILES string of the molecule is CC1(Cc2ncc3nc(Nc4ccnc(C(F)(F)F)c4)n(C4CCC(CN)CC4)c3n2)CCOCC1. The molecule has 0 atom stereocenters. The van der Waals surface area contributed by atoms with E-state index in [1.807, 2.05) is 4.57 Å². The quantitative estimate of drug-likeness (QED) is 0.486. The Kier molecular flexibility index (Phi) is 6.86. The van der Waals surface area contributed by atoms with Gasteiger partial charge in [-0.1, -0.05) is 6.92 Å². The molecule has 5 rings (SSSR count). The third kappa shape index (κ3) is 5.31. The number of nitrogens with zero attached hydrogens (tertiary/aromatic N) is 5. The lowest BCUT2D eigenvalue weighted by Gasteiger charge is -2.33. The molecular weight excluding hydrogens is 471 g/mol. The number of alkyl halides is 3. The topological polar surface area (TPSA) is 104 Å². The van der Waals surface area contributed by atoms with E-state index in [4.69, 9.17) is 20.4 Å². The lowest BCUT2D eigenvalue weighted by molar-refractivity contribution is -0.141. The van der Waals surface area contributed by atoms with Gasteiger partial charge in [0.15, 0.2) is 5.65 Å². The molecular formula is C25H32F3N7O. The third-order valence-corrected chi connectivity index (χ3v) is 7.59. The highest BCUT2D eigenvalue weighted by atomic mass is 19.4. The first-order valence-electron chi connectivity index (χ1n) is 12.6. The molecule has 1 aliphatic heterocycles. The molecule has 0 amide bonds. The first kappa shape index (κ1) is 24.9. The molecule has 3 aromatic heterocycles. The maximum atomic E-state index is 13.2. The van der Waals surface area contributed by atoms with Gasteiger partial charge in [-0.2, -0.15) is 13.2 Å². The highest BCUT2D eigenvalue weighted by Gasteiger charge is 2.33. The summed E-state index contributed by atoms with van der Waals surface area (Å²) in [5, 5.41) is 3.11. The number of imidazole rings is 1. The van der Waals surface area contributed by atoms with Crippen LogP contribution in [0, 0.1) is 11.3 Å². The molecule has 8 nitrogen and oxygen atoms in total. The van der Waals surface area contributed by atoms with Gasteiger partial charge in [0.2, 0.25) is 5.95 Å². The van der Waals surface area contributed by atoms with Gasteiger partial charge in [-0.15, -0.1) is 0 Å². The molecule has 2 aliphatic rings. The van der Waals surface area contributed by atoms with Crippen molar-refractivity contribution in [3.05, 3.63) is 36.0 Å². The Bertz CT molecular complexity index is 1200. The standard InChI is InChI=1S/C25H32F3N7O/c1-24(7-10-36-11-8-24)13-21-31-15-19-22(34-21)35(18-4-2-16(14-29)3-5-18)23(33-19)32-17-6-9-30-20(12-17)25(26,27)28/h6,9,12,15-16,18H,2-5,7-8,10-11,13-14,29H2,1H3,(H,30,32,33). The van der Waals surface area contributed by atoms with Crippen LogP contribution in [0.3, 0.4) is 0 Å². The fourth-order valence-corrected chi connectivity index (χ4v) is 5.30. The van der Waals surface area contributed by atoms with Gasteiger partial charge >= 0.3 is 6.18 Å². The van der Waals surface area contributed by atoms with Crippen LogP contribution in [0.25, 0.3) is 11.2 Å². The second-order valence-electron chi connectivity index (χ2n) is 10.4. The number of anilines is 2. The molecule has 36 heavy (non-hydrogen) atoms. The summed E-state index contributed by atoms with van der Waals surface area (Å²) in [7, 11) is 0. The molecule has 0 bridgehead atoms. The summed E-state index contributed by atoms with van der Waals surface area (Å²) < 4.78 is 47.3. The van der Waals surface area contributed by atoms with Gasteiger partial charge in [0.25, 0.3) is 0 Å². The number of fused-ring (bicyclic) bond motifs is 1. The second kappa shape index (κ2) is 9.93. The highest BCUT2D eigenvalue weighted by molar-refractivity contribution is 5.75. The molecule has 0 radical (unpaired) electrons. The Balaban J connectivity index is 1.51. The average molecular weight is 504 g/mol. The van der Waals surface area contributed by atoms with Crippen LogP contribution in [0.5, 0.6) is 0 Å². The van der Waals surface area contributed by atoms with Crippen molar-refractivity contribution < 1.29 is 17.9 Å². The van der Waals surface area contributed by atoms with Crippen molar-refractivity contribution in [2.75, 3.05) is 25.1 Å². The summed E-state index contributed by atoms with van der Waals surface area (Å²) in [6, 6.07) is 2.62. The van der Waals surface area contributed by atoms with Crippen LogP contribution in [0.1, 0.15) is 63.0 Å². The first-order chi connectivity index (χ1) is 17.2. The Hall–Kier alpha value is -2.79. The first-order valence-corrected chi connectivity index (χ1v) is 12.6. The highest BCUT2D eigenvalue weighted by Crippen LogP contribution is 2.38. The van der Waals surface area contributed by atoms with E-state index in [1.165, 1.54) is 6.07 Å². The number of halogens is 3. The fourth-order valence-electron chi connectivity index (χ4n) is 5.30. The van der Waals surface area contributed by atoms with E-state index in [2.05, 4.69) is 22.2 Å². The van der Waals surface area contributed by atoms with Gasteiger partial charge in [0.1, 0.15) is 17.0 Å². The largest absolute Gasteiger partial charge is 0.433 e. The van der Waals surface area contributed by atoms with Crippen LogP contribution in [-0.4, -0.2) is 44.3 Å². The Morgan fingerprint density at radius 3 is 2.58 bits per heavy atom. The van der Waals surface area contributed by atoms with Gasteiger partial charge < -0.3 is 15.8 Å². The molecule has 11 heteroatoms. The van der Waals surface area contributed by atoms with Crippen molar-refractivity contribution in [1.29, 1.82) is 0 Å². The molecule has 2 fully saturated rings. The lowest BCUT2D eigenvalue weighted by Crippen LogP contribution is -2.29. The van der Waals surface area contributed by atoms with E-state index in [0.29, 0.717) is 29.6 Å². The van der Waals surface area contributed by atoms with Crippen LogP contribution in [0.15, 0.2) is 24.5 Å². The number of nitrogens with two attached hydrogens (primary N) is 1. The zero-order chi connectivity index (χ0) is 25.3. The van der Waals surface area contributed by atoms with Crippen molar-refractivity contribution in [2.45, 2.75) is 64.1 Å². The molecule has 3 N–H and O–H groups in total. The summed E-state index contributed by atoms with van der Waals surface area (Å²) in [5.74, 6) is 1.70. The molecule has 0 aromatic carbocycles. The van der Waals surface area contributed by atoms with Crippen molar-refractivity contribution in [2.24, 2.45) is 17.1 Å². The summed E-state index contributed by atoms with van der Waals surface area (Å²) in [4.78, 5) is 17.7. The minimum absolute atomic E-state index is 0.0715. The van der Waals surface area contributed by atoms with Gasteiger partial charge in [-0.05, 0) is 68.5 Å². The maximum Gasteiger partial charge on any atom is 0.433 e. The van der Waals surface area contributed by atoms with E-state index >= 15 is 0 Å². The van der Waals surface area contributed by atoms with Crippen LogP contribution >= 0.6 is 0 Å². The molecule has 1 saturated carbocycles. The van der Waals surface area contributed by atoms with Gasteiger partial charge in [0, 0.05) is 37.6 Å². The Labute approximate surface area is 207 Å². The van der Waals surface area contributed by atoms with E-state index in [9.17, 15) is 13.2 Å². The molecule has 3 aromatic rings. The van der Waals surface area contributed by atoms with Crippen molar-refractivity contribution >= 4 is 22.8 Å². The van der Waals surface area contributed by atoms with Crippen LogP contribution in [0.4, 0.5) is 24.8 Å². The number of rotatable bonds is 6. The Morgan fingerprint density at radius 2 is 1.89 bits per heavy atom. The number of hydrogen-bond acceptors (Lipinski definition) is 7. The number of nitrogens with one attached hydrogen (secondary N) is 1. The zero-order valence-corrected chi connectivity index (χ0v) is 20.4. The Morgan fingerprint density at radius 1 is 1.14 bits per heavy atom. The lowest BCUT2D eigenvalue weighted by atomic mass is 9.79. The molecule has 1 saturated heterocycles. The minimum atomic E-state index is -4.53. The van der Waals surface area contributed by atoms with Crippen LogP contribution < -0.4 is 11.1 Å². The summed E-state index contributed by atoms with van der Waals surface area (Å²) >= 11 is 0. The fraction of sp³-hybridized carbons (Fsp3) is 0.600. The van der Waals surface area contributed by atoms with E-state index in [-0.39, 0.29) is 17.1 Å². The predicted octanol–water partition coefficient (Wildman–Crippen LogP) is 5.03. The van der Waals surface area contributed by atoms with Gasteiger partial charge in [0.05, 0.1) is 6.20 Å². The number of aromatic nitrogens is 5. The molecule has 1 aliphatic carbocycles. The van der Waals surface area contributed by atoms with Crippen LogP contribution in [-0.2, 0) is 17.3 Å². The van der Waals surface area contributed by atoms with Crippen molar-refractivity contribution in [3.8, 4) is 0 Å². The monoisotopic (exact) mass is 503 g/mol. The smallest absolute Gasteiger partial charge is 0.381 e. The van der Waals surface area contributed by atoms with Crippen molar-refractivity contribution in [3.63, 3.8) is 0 Å². The van der Waals surface area contributed by atoms with E-state index < -0.39 is 11.9 Å². The van der Waals surface area contributed by atoms with Gasteiger partial charge in [-0.3, -0.25) is 9.55 Å². The molecule has 0 spiro atoms. The predicted molar refractivity (Wildman–Crippen MR) is 130 cm³/mol. The molecule has 4 heterocycles. The summed E-state index contributed by atoms with van der Waals surface area (Å²) in [5.41, 5.74) is 6.61. The number of hydrogen-bond donors (Lipinski definition) is 2. The number of ether oxygens (including phenoxy) is 1. The number of pyridine rings is 1. The van der Waals surface area contributed by atoms with Crippen molar-refractivity contribution in [1.82, 2.24) is 24.5 Å². The zero-order valence-electron chi connectivity index (χ0n) is 20.4. The average Bonchev–Trinajstić information content (AvgIpc) is 3.21. The summed E-state index contributed by atoms with van der Waals surface area (Å²) in [6.45, 7) is 4.37. The van der Waals surface area contributed by atoms with E-state index in [1.54, 1.807) is 6.20 Å². The molecule has 0 unspecified atom stereocenters. The van der Waals surface area contributed by atoms with Crippen LogP contribution in [0.2, 0.25) is 0 Å². The minimum Gasteiger partial charge on any atom is -0.381 e. The van der Waals surface area contributed by atoms with E-state index in [0.717, 1.165) is 76.2 Å². The second-order valence-corrected chi connectivity index (χ2v) is 10.4. The normalized spacial score (nSPS) is 22.6. The maximum absolute atomic E-state index is 13.2. The summed E-state index contributed by atoms with van der Waals surface area (Å²) in [6.07, 6.45) is 4.77.